The number of aromatic nitrogens is 4. The van der Waals surface area contributed by atoms with Crippen LogP contribution in [-0.4, -0.2) is 45.5 Å². The van der Waals surface area contributed by atoms with Gasteiger partial charge in [0.15, 0.2) is 0 Å². The molecule has 0 saturated carbocycles. The number of hydrogen-bond donors (Lipinski definition) is 1. The molecule has 4 aromatic rings. The summed E-state index contributed by atoms with van der Waals surface area (Å²) < 4.78 is 19.7. The molecular weight excluding hydrogens is 403 g/mol. The SMILES string of the molecule is COC(=O)Nc1ccc(-c2cnc3ccc(C(=O)N(C)c4ccnc(F)c4)cn23)cn1. The molecule has 0 aliphatic carbocycles. The van der Waals surface area contributed by atoms with Gasteiger partial charge in [-0.15, -0.1) is 0 Å². The third-order valence-corrected chi connectivity index (χ3v) is 4.63. The molecule has 0 saturated heterocycles. The summed E-state index contributed by atoms with van der Waals surface area (Å²) in [5.41, 5.74) is 2.86. The lowest BCUT2D eigenvalue weighted by molar-refractivity contribution is 0.0992. The summed E-state index contributed by atoms with van der Waals surface area (Å²) in [5.74, 6) is -0.642. The van der Waals surface area contributed by atoms with Gasteiger partial charge in [-0.1, -0.05) is 0 Å². The van der Waals surface area contributed by atoms with E-state index in [2.05, 4.69) is 25.0 Å². The minimum Gasteiger partial charge on any atom is -0.453 e. The number of carbonyl (C=O) groups is 2. The Kier molecular flexibility index (Phi) is 5.27. The average Bonchev–Trinajstić information content (AvgIpc) is 3.21. The highest BCUT2D eigenvalue weighted by Crippen LogP contribution is 2.23. The number of hydrogen-bond acceptors (Lipinski definition) is 6. The number of ether oxygens (including phenoxy) is 1. The van der Waals surface area contributed by atoms with Crippen LogP contribution in [0.25, 0.3) is 16.9 Å². The van der Waals surface area contributed by atoms with Crippen molar-refractivity contribution < 1.29 is 18.7 Å². The Balaban J connectivity index is 1.65. The van der Waals surface area contributed by atoms with E-state index in [1.807, 2.05) is 0 Å². The number of pyridine rings is 3. The van der Waals surface area contributed by atoms with Crippen molar-refractivity contribution in [2.75, 3.05) is 24.4 Å². The fourth-order valence-electron chi connectivity index (χ4n) is 3.01. The maximum atomic E-state index is 13.4. The zero-order valence-electron chi connectivity index (χ0n) is 16.6. The van der Waals surface area contributed by atoms with E-state index in [0.29, 0.717) is 28.4 Å². The van der Waals surface area contributed by atoms with Gasteiger partial charge in [0.2, 0.25) is 5.95 Å². The van der Waals surface area contributed by atoms with Crippen LogP contribution in [0.2, 0.25) is 0 Å². The van der Waals surface area contributed by atoms with Crippen molar-refractivity contribution in [3.05, 3.63) is 72.7 Å². The lowest BCUT2D eigenvalue weighted by Crippen LogP contribution is -2.26. The highest BCUT2D eigenvalue weighted by Gasteiger charge is 2.16. The highest BCUT2D eigenvalue weighted by molar-refractivity contribution is 6.05. The second kappa shape index (κ2) is 8.19. The molecule has 0 aliphatic rings. The molecule has 0 unspecified atom stereocenters. The van der Waals surface area contributed by atoms with Crippen molar-refractivity contribution in [3.63, 3.8) is 0 Å². The monoisotopic (exact) mass is 420 g/mol. The van der Waals surface area contributed by atoms with E-state index in [-0.39, 0.29) is 5.91 Å². The van der Waals surface area contributed by atoms with Crippen LogP contribution in [0.1, 0.15) is 10.4 Å². The molecular formula is C21H17FN6O3. The summed E-state index contributed by atoms with van der Waals surface area (Å²) in [6, 6.07) is 9.52. The van der Waals surface area contributed by atoms with Crippen LogP contribution in [0.5, 0.6) is 0 Å². The summed E-state index contributed by atoms with van der Waals surface area (Å²) >= 11 is 0. The van der Waals surface area contributed by atoms with Gasteiger partial charge in [0.05, 0.1) is 24.6 Å². The molecule has 0 radical (unpaired) electrons. The van der Waals surface area contributed by atoms with Gasteiger partial charge in [-0.25, -0.2) is 19.7 Å². The molecule has 10 heteroatoms. The average molecular weight is 420 g/mol. The third-order valence-electron chi connectivity index (χ3n) is 4.63. The molecule has 31 heavy (non-hydrogen) atoms. The Labute approximate surface area is 176 Å². The summed E-state index contributed by atoms with van der Waals surface area (Å²) in [4.78, 5) is 37.6. The van der Waals surface area contributed by atoms with E-state index < -0.39 is 12.0 Å². The first-order valence-corrected chi connectivity index (χ1v) is 9.14. The number of rotatable bonds is 4. The predicted octanol–water partition coefficient (Wildman–Crippen LogP) is 3.39. The van der Waals surface area contributed by atoms with Crippen LogP contribution in [-0.2, 0) is 4.74 Å². The number of fused-ring (bicyclic) bond motifs is 1. The second-order valence-electron chi connectivity index (χ2n) is 6.54. The minimum absolute atomic E-state index is 0.317. The molecule has 0 fully saturated rings. The van der Waals surface area contributed by atoms with Crippen molar-refractivity contribution in [2.45, 2.75) is 0 Å². The number of carbonyl (C=O) groups excluding carboxylic acids is 2. The van der Waals surface area contributed by atoms with Crippen LogP contribution < -0.4 is 10.2 Å². The molecule has 9 nitrogen and oxygen atoms in total. The normalized spacial score (nSPS) is 10.7. The van der Waals surface area contributed by atoms with Gasteiger partial charge in [0.1, 0.15) is 11.5 Å². The molecule has 4 aromatic heterocycles. The van der Waals surface area contributed by atoms with Gasteiger partial charge < -0.3 is 9.64 Å². The van der Waals surface area contributed by atoms with Crippen LogP contribution in [0.3, 0.4) is 0 Å². The van der Waals surface area contributed by atoms with Gasteiger partial charge in [-0.2, -0.15) is 4.39 Å². The Bertz CT molecular complexity index is 1270. The van der Waals surface area contributed by atoms with Crippen LogP contribution >= 0.6 is 0 Å². The smallest absolute Gasteiger partial charge is 0.412 e. The van der Waals surface area contributed by atoms with E-state index in [0.717, 1.165) is 5.56 Å². The fourth-order valence-corrected chi connectivity index (χ4v) is 3.01. The van der Waals surface area contributed by atoms with Gasteiger partial charge in [0, 0.05) is 43.0 Å². The second-order valence-corrected chi connectivity index (χ2v) is 6.54. The van der Waals surface area contributed by atoms with E-state index in [9.17, 15) is 14.0 Å². The molecule has 4 heterocycles. The first-order chi connectivity index (χ1) is 15.0. The highest BCUT2D eigenvalue weighted by atomic mass is 19.1. The Morgan fingerprint density at radius 2 is 1.94 bits per heavy atom. The lowest BCUT2D eigenvalue weighted by atomic mass is 10.2. The lowest BCUT2D eigenvalue weighted by Gasteiger charge is -2.17. The Morgan fingerprint density at radius 1 is 1.10 bits per heavy atom. The topological polar surface area (TPSA) is 102 Å². The molecule has 0 bridgehead atoms. The van der Waals surface area contributed by atoms with Gasteiger partial charge in [-0.05, 0) is 30.3 Å². The van der Waals surface area contributed by atoms with E-state index in [1.54, 1.807) is 60.4 Å². The number of nitrogens with zero attached hydrogens (tertiary/aromatic N) is 5. The molecule has 2 amide bonds. The van der Waals surface area contributed by atoms with Crippen LogP contribution in [0.15, 0.2) is 61.2 Å². The van der Waals surface area contributed by atoms with Gasteiger partial charge in [0.25, 0.3) is 5.91 Å². The third kappa shape index (κ3) is 4.04. The summed E-state index contributed by atoms with van der Waals surface area (Å²) in [5, 5.41) is 2.48. The Morgan fingerprint density at radius 3 is 2.65 bits per heavy atom. The van der Waals surface area contributed by atoms with Crippen LogP contribution in [0.4, 0.5) is 20.7 Å². The van der Waals surface area contributed by atoms with Crippen LogP contribution in [0, 0.1) is 5.95 Å². The van der Waals surface area contributed by atoms with E-state index >= 15 is 0 Å². The largest absolute Gasteiger partial charge is 0.453 e. The number of methoxy groups -OCH3 is 1. The Hall–Kier alpha value is -4.34. The van der Waals surface area contributed by atoms with Crippen molar-refractivity contribution >= 4 is 29.2 Å². The molecule has 0 aliphatic heterocycles. The minimum atomic E-state index is -0.665. The number of imidazole rings is 1. The number of nitrogens with one attached hydrogen (secondary N) is 1. The van der Waals surface area contributed by atoms with Gasteiger partial charge >= 0.3 is 6.09 Å². The first kappa shape index (κ1) is 20.0. The molecule has 0 aromatic carbocycles. The molecule has 0 atom stereocenters. The first-order valence-electron chi connectivity index (χ1n) is 9.14. The zero-order chi connectivity index (χ0) is 22.0. The number of halogens is 1. The number of anilines is 2. The van der Waals surface area contributed by atoms with E-state index in [4.69, 9.17) is 0 Å². The molecule has 1 N–H and O–H groups in total. The quantitative estimate of drug-likeness (QED) is 0.508. The molecule has 0 spiro atoms. The van der Waals surface area contributed by atoms with Crippen molar-refractivity contribution in [2.24, 2.45) is 0 Å². The van der Waals surface area contributed by atoms with Crippen molar-refractivity contribution in [1.29, 1.82) is 0 Å². The van der Waals surface area contributed by atoms with Crippen molar-refractivity contribution in [1.82, 2.24) is 19.4 Å². The fraction of sp³-hybridized carbons (Fsp3) is 0.0952. The maximum absolute atomic E-state index is 13.4. The van der Waals surface area contributed by atoms with Gasteiger partial charge in [-0.3, -0.25) is 14.5 Å². The standard InChI is InChI=1S/C21H17FN6O3/c1-27(15-7-8-23-17(22)9-15)20(29)14-4-6-19-25-11-16(28(19)12-14)13-3-5-18(24-10-13)26-21(30)31-2/h3-12H,1-2H3,(H,24,26,30). The summed E-state index contributed by atoms with van der Waals surface area (Å²) in [7, 11) is 2.83. The van der Waals surface area contributed by atoms with Crippen molar-refractivity contribution in [3.8, 4) is 11.3 Å². The predicted molar refractivity (Wildman–Crippen MR) is 111 cm³/mol. The zero-order valence-corrected chi connectivity index (χ0v) is 16.6. The van der Waals surface area contributed by atoms with E-state index in [1.165, 1.54) is 24.3 Å². The number of amides is 2. The molecule has 156 valence electrons. The summed E-state index contributed by atoms with van der Waals surface area (Å²) in [6.45, 7) is 0. The maximum Gasteiger partial charge on any atom is 0.412 e. The summed E-state index contributed by atoms with van der Waals surface area (Å²) in [6.07, 6.45) is 5.59. The molecule has 4 rings (SSSR count).